The molecule has 0 unspecified atom stereocenters. The minimum absolute atomic E-state index is 0.253. The number of carbonyl (C=O) groups is 1. The van der Waals surface area contributed by atoms with Crippen LogP contribution in [0.3, 0.4) is 0 Å². The van der Waals surface area contributed by atoms with Gasteiger partial charge in [-0.3, -0.25) is 0 Å². The van der Waals surface area contributed by atoms with Gasteiger partial charge < -0.3 is 4.74 Å². The van der Waals surface area contributed by atoms with Crippen molar-refractivity contribution in [2.75, 3.05) is 7.11 Å². The number of aryl methyl sites for hydroxylation is 2. The topological polar surface area (TPSA) is 26.3 Å². The summed E-state index contributed by atoms with van der Waals surface area (Å²) in [7, 11) is 1.43. The molecule has 2 heteroatoms. The number of carbonyl (C=O) groups excluding carboxylic acids is 1. The van der Waals surface area contributed by atoms with Crippen molar-refractivity contribution in [2.45, 2.75) is 27.2 Å². The maximum Gasteiger partial charge on any atom is 0.338 e. The second kappa shape index (κ2) is 5.91. The summed E-state index contributed by atoms with van der Waals surface area (Å²) >= 11 is 0. The first kappa shape index (κ1) is 14.3. The van der Waals surface area contributed by atoms with Gasteiger partial charge in [0.15, 0.2) is 0 Å². The molecule has 0 spiro atoms. The van der Waals surface area contributed by atoms with E-state index in [9.17, 15) is 4.79 Å². The average Bonchev–Trinajstić information content (AvgIpc) is 2.45. The molecule has 0 heterocycles. The Morgan fingerprint density at radius 2 is 1.70 bits per heavy atom. The van der Waals surface area contributed by atoms with Gasteiger partial charge in [0.2, 0.25) is 0 Å². The lowest BCUT2D eigenvalue weighted by atomic mass is 9.89. The maximum absolute atomic E-state index is 12.1. The predicted molar refractivity (Wildman–Crippen MR) is 81.2 cm³/mol. The van der Waals surface area contributed by atoms with Gasteiger partial charge >= 0.3 is 5.97 Å². The number of rotatable bonds is 3. The van der Waals surface area contributed by atoms with Crippen LogP contribution in [-0.4, -0.2) is 13.1 Å². The van der Waals surface area contributed by atoms with E-state index < -0.39 is 0 Å². The van der Waals surface area contributed by atoms with E-state index in [4.69, 9.17) is 4.74 Å². The molecule has 0 aliphatic rings. The Morgan fingerprint density at radius 1 is 1.05 bits per heavy atom. The highest BCUT2D eigenvalue weighted by molar-refractivity contribution is 5.93. The first-order chi connectivity index (χ1) is 9.54. The second-order valence-corrected chi connectivity index (χ2v) is 5.14. The number of ether oxygens (including phenoxy) is 1. The van der Waals surface area contributed by atoms with Crippen LogP contribution in [-0.2, 0) is 11.2 Å². The third kappa shape index (κ3) is 2.74. The zero-order valence-electron chi connectivity index (χ0n) is 12.5. The van der Waals surface area contributed by atoms with Crippen molar-refractivity contribution in [1.29, 1.82) is 0 Å². The number of methoxy groups -OCH3 is 1. The summed E-state index contributed by atoms with van der Waals surface area (Å²) in [5, 5.41) is 0. The molecular weight excluding hydrogens is 248 g/mol. The normalized spacial score (nSPS) is 10.4. The van der Waals surface area contributed by atoms with E-state index in [0.29, 0.717) is 5.56 Å². The van der Waals surface area contributed by atoms with E-state index in [1.807, 2.05) is 25.1 Å². The molecule has 2 aromatic rings. The van der Waals surface area contributed by atoms with Crippen LogP contribution in [0.1, 0.15) is 38.2 Å². The smallest absolute Gasteiger partial charge is 0.338 e. The Bertz CT molecular complexity index is 628. The predicted octanol–water partition coefficient (Wildman–Crippen LogP) is 3.99. The van der Waals surface area contributed by atoms with Crippen molar-refractivity contribution < 1.29 is 9.53 Å². The largest absolute Gasteiger partial charge is 0.465 e. The van der Waals surface area contributed by atoms with Gasteiger partial charge in [0, 0.05) is 0 Å². The highest BCUT2D eigenvalue weighted by Crippen LogP contribution is 2.25. The Hall–Kier alpha value is -2.09. The van der Waals surface area contributed by atoms with Gasteiger partial charge in [-0.1, -0.05) is 36.4 Å². The molecule has 0 aromatic heterocycles. The third-order valence-electron chi connectivity index (χ3n) is 3.79. The summed E-state index contributed by atoms with van der Waals surface area (Å²) in [6, 6.07) is 12.3. The average molecular weight is 268 g/mol. The van der Waals surface area contributed by atoms with E-state index in [2.05, 4.69) is 32.0 Å². The molecule has 0 fully saturated rings. The number of hydrogen-bond donors (Lipinski definition) is 0. The van der Waals surface area contributed by atoms with Gasteiger partial charge in [0.1, 0.15) is 0 Å². The monoisotopic (exact) mass is 268 g/mol. The van der Waals surface area contributed by atoms with Crippen LogP contribution < -0.4 is 0 Å². The zero-order valence-corrected chi connectivity index (χ0v) is 12.5. The fourth-order valence-corrected chi connectivity index (χ4v) is 2.58. The van der Waals surface area contributed by atoms with Crippen molar-refractivity contribution in [3.8, 4) is 0 Å². The highest BCUT2D eigenvalue weighted by atomic mass is 16.5. The lowest BCUT2D eigenvalue weighted by molar-refractivity contribution is 0.0598. The van der Waals surface area contributed by atoms with Crippen molar-refractivity contribution in [3.05, 3.63) is 69.8 Å². The summed E-state index contributed by atoms with van der Waals surface area (Å²) < 4.78 is 4.95. The molecule has 0 saturated carbocycles. The third-order valence-corrected chi connectivity index (χ3v) is 3.79. The first-order valence-electron chi connectivity index (χ1n) is 6.76. The quantitative estimate of drug-likeness (QED) is 0.787. The van der Waals surface area contributed by atoms with Gasteiger partial charge in [-0.05, 0) is 55.0 Å². The molecule has 0 amide bonds. The van der Waals surface area contributed by atoms with Crippen molar-refractivity contribution in [3.63, 3.8) is 0 Å². The number of hydrogen-bond acceptors (Lipinski definition) is 2. The summed E-state index contributed by atoms with van der Waals surface area (Å²) in [6.45, 7) is 6.12. The molecule has 104 valence electrons. The SMILES string of the molecule is COC(=O)c1c(C)cc(C)c(C)c1Cc1ccccc1. The van der Waals surface area contributed by atoms with Gasteiger partial charge in [-0.15, -0.1) is 0 Å². The van der Waals surface area contributed by atoms with E-state index in [1.54, 1.807) is 0 Å². The molecule has 0 aliphatic carbocycles. The molecule has 20 heavy (non-hydrogen) atoms. The summed E-state index contributed by atoms with van der Waals surface area (Å²) in [6.07, 6.45) is 0.750. The summed E-state index contributed by atoms with van der Waals surface area (Å²) in [5.41, 5.74) is 6.33. The lowest BCUT2D eigenvalue weighted by Crippen LogP contribution is -2.11. The molecule has 0 radical (unpaired) electrons. The molecule has 2 aromatic carbocycles. The maximum atomic E-state index is 12.1. The number of esters is 1. The Morgan fingerprint density at radius 3 is 2.30 bits per heavy atom. The van der Waals surface area contributed by atoms with Crippen LogP contribution in [0.4, 0.5) is 0 Å². The minimum Gasteiger partial charge on any atom is -0.465 e. The van der Waals surface area contributed by atoms with Crippen LogP contribution in [0.2, 0.25) is 0 Å². The standard InChI is InChI=1S/C18H20O2/c1-12-10-13(2)17(18(19)20-4)16(14(12)3)11-15-8-6-5-7-9-15/h5-10H,11H2,1-4H3. The molecular formula is C18H20O2. The molecule has 0 N–H and O–H groups in total. The highest BCUT2D eigenvalue weighted by Gasteiger charge is 2.18. The van der Waals surface area contributed by atoms with Gasteiger partial charge in [-0.25, -0.2) is 4.79 Å². The fourth-order valence-electron chi connectivity index (χ4n) is 2.58. The molecule has 2 nitrogen and oxygen atoms in total. The van der Waals surface area contributed by atoms with Crippen LogP contribution in [0.15, 0.2) is 36.4 Å². The molecule has 2 rings (SSSR count). The van der Waals surface area contributed by atoms with Crippen LogP contribution >= 0.6 is 0 Å². The Kier molecular flexibility index (Phi) is 4.23. The fraction of sp³-hybridized carbons (Fsp3) is 0.278. The van der Waals surface area contributed by atoms with Crippen LogP contribution in [0.5, 0.6) is 0 Å². The van der Waals surface area contributed by atoms with Crippen molar-refractivity contribution in [1.82, 2.24) is 0 Å². The van der Waals surface area contributed by atoms with E-state index >= 15 is 0 Å². The Balaban J connectivity index is 2.57. The van der Waals surface area contributed by atoms with E-state index in [1.165, 1.54) is 23.8 Å². The molecule has 0 bridgehead atoms. The van der Waals surface area contributed by atoms with Crippen molar-refractivity contribution >= 4 is 5.97 Å². The Labute approximate surface area is 120 Å². The van der Waals surface area contributed by atoms with Crippen LogP contribution in [0.25, 0.3) is 0 Å². The molecule has 0 saturated heterocycles. The second-order valence-electron chi connectivity index (χ2n) is 5.14. The number of benzene rings is 2. The van der Waals surface area contributed by atoms with E-state index in [0.717, 1.165) is 17.5 Å². The molecule has 0 aliphatic heterocycles. The molecule has 0 atom stereocenters. The van der Waals surface area contributed by atoms with Gasteiger partial charge in [0.05, 0.1) is 12.7 Å². The van der Waals surface area contributed by atoms with Gasteiger partial charge in [-0.2, -0.15) is 0 Å². The van der Waals surface area contributed by atoms with Gasteiger partial charge in [0.25, 0.3) is 0 Å². The van der Waals surface area contributed by atoms with E-state index in [-0.39, 0.29) is 5.97 Å². The van der Waals surface area contributed by atoms with Crippen molar-refractivity contribution in [2.24, 2.45) is 0 Å². The summed E-state index contributed by atoms with van der Waals surface area (Å²) in [4.78, 5) is 12.1. The van der Waals surface area contributed by atoms with Crippen LogP contribution in [0, 0.1) is 20.8 Å². The zero-order chi connectivity index (χ0) is 14.7. The summed E-state index contributed by atoms with van der Waals surface area (Å²) in [5.74, 6) is -0.253. The first-order valence-corrected chi connectivity index (χ1v) is 6.76. The lowest BCUT2D eigenvalue weighted by Gasteiger charge is -2.16. The minimum atomic E-state index is -0.253.